The predicted octanol–water partition coefficient (Wildman–Crippen LogP) is 4.45. The molecule has 1 N–H and O–H groups in total. The molecule has 0 amide bonds. The molecule has 0 bridgehead atoms. The van der Waals surface area contributed by atoms with Gasteiger partial charge in [-0.1, -0.05) is 12.1 Å². The van der Waals surface area contributed by atoms with Crippen molar-refractivity contribution in [3.63, 3.8) is 0 Å². The zero-order valence-corrected chi connectivity index (χ0v) is 14.5. The summed E-state index contributed by atoms with van der Waals surface area (Å²) in [7, 11) is 3.03. The van der Waals surface area contributed by atoms with Crippen LogP contribution in [0.2, 0.25) is 0 Å². The molecule has 0 heterocycles. The molecule has 21 heavy (non-hydrogen) atoms. The lowest BCUT2D eigenvalue weighted by molar-refractivity contribution is 0.212. The highest BCUT2D eigenvalue weighted by molar-refractivity contribution is 9.10. The maximum absolute atomic E-state index is 13.6. The van der Waals surface area contributed by atoms with E-state index < -0.39 is 11.9 Å². The van der Waals surface area contributed by atoms with Gasteiger partial charge in [0.15, 0.2) is 0 Å². The molecule has 0 fully saturated rings. The minimum atomic E-state index is -1.05. The Kier molecular flexibility index (Phi) is 5.24. The van der Waals surface area contributed by atoms with Gasteiger partial charge >= 0.3 is 0 Å². The van der Waals surface area contributed by atoms with Crippen molar-refractivity contribution in [2.24, 2.45) is 0 Å². The van der Waals surface area contributed by atoms with Gasteiger partial charge in [-0.2, -0.15) is 0 Å². The van der Waals surface area contributed by atoms with E-state index in [2.05, 4.69) is 31.9 Å². The van der Waals surface area contributed by atoms with Crippen LogP contribution in [0.15, 0.2) is 39.3 Å². The second-order valence-electron chi connectivity index (χ2n) is 4.27. The summed E-state index contributed by atoms with van der Waals surface area (Å²) < 4.78 is 25.1. The average Bonchev–Trinajstić information content (AvgIpc) is 2.49. The summed E-state index contributed by atoms with van der Waals surface area (Å²) in [5, 5.41) is 10.6. The van der Waals surface area contributed by atoms with Gasteiger partial charge in [0.2, 0.25) is 0 Å². The zero-order chi connectivity index (χ0) is 15.6. The van der Waals surface area contributed by atoms with Gasteiger partial charge in [-0.3, -0.25) is 0 Å². The first kappa shape index (κ1) is 16.3. The van der Waals surface area contributed by atoms with E-state index in [1.807, 2.05) is 0 Å². The minimum Gasteiger partial charge on any atom is -0.496 e. The van der Waals surface area contributed by atoms with Gasteiger partial charge in [-0.25, -0.2) is 4.39 Å². The SMILES string of the molecule is COc1cc(C(O)c2cccc(F)c2Br)c(OC)cc1Br. The molecule has 0 saturated carbocycles. The zero-order valence-electron chi connectivity index (χ0n) is 11.4. The number of aliphatic hydroxyl groups excluding tert-OH is 1. The van der Waals surface area contributed by atoms with E-state index in [0.29, 0.717) is 27.1 Å². The van der Waals surface area contributed by atoms with Gasteiger partial charge in [0.25, 0.3) is 0 Å². The molecule has 2 aromatic rings. The molecular weight excluding hydrogens is 407 g/mol. The number of methoxy groups -OCH3 is 2. The molecule has 0 saturated heterocycles. The number of hydrogen-bond acceptors (Lipinski definition) is 3. The second kappa shape index (κ2) is 6.77. The molecule has 6 heteroatoms. The van der Waals surface area contributed by atoms with Gasteiger partial charge in [0, 0.05) is 11.1 Å². The fraction of sp³-hybridized carbons (Fsp3) is 0.200. The number of benzene rings is 2. The fourth-order valence-electron chi connectivity index (χ4n) is 2.00. The molecule has 0 aliphatic heterocycles. The number of ether oxygens (including phenoxy) is 2. The number of aliphatic hydroxyl groups is 1. The summed E-state index contributed by atoms with van der Waals surface area (Å²) in [6, 6.07) is 7.86. The minimum absolute atomic E-state index is 0.224. The van der Waals surface area contributed by atoms with Crippen molar-refractivity contribution in [1.82, 2.24) is 0 Å². The van der Waals surface area contributed by atoms with Crippen LogP contribution in [0.25, 0.3) is 0 Å². The van der Waals surface area contributed by atoms with Crippen LogP contribution < -0.4 is 9.47 Å². The molecule has 1 atom stereocenters. The van der Waals surface area contributed by atoms with Crippen LogP contribution in [0.1, 0.15) is 17.2 Å². The van der Waals surface area contributed by atoms with Gasteiger partial charge < -0.3 is 14.6 Å². The van der Waals surface area contributed by atoms with Crippen LogP contribution >= 0.6 is 31.9 Å². The highest BCUT2D eigenvalue weighted by atomic mass is 79.9. The first-order chi connectivity index (χ1) is 9.99. The lowest BCUT2D eigenvalue weighted by atomic mass is 10.00. The van der Waals surface area contributed by atoms with Crippen LogP contribution in [0, 0.1) is 5.82 Å². The lowest BCUT2D eigenvalue weighted by Gasteiger charge is -2.18. The maximum atomic E-state index is 13.6. The standard InChI is InChI=1S/C15H13Br2FO3/c1-20-12-7-10(16)13(21-2)6-9(12)15(19)8-4-3-5-11(18)14(8)17/h3-7,15,19H,1-2H3. The summed E-state index contributed by atoms with van der Waals surface area (Å²) in [5.41, 5.74) is 0.904. The molecule has 0 radical (unpaired) electrons. The number of hydrogen-bond donors (Lipinski definition) is 1. The number of halogens is 3. The third kappa shape index (κ3) is 3.22. The van der Waals surface area contributed by atoms with Gasteiger partial charge in [0.05, 0.1) is 23.2 Å². The molecule has 112 valence electrons. The van der Waals surface area contributed by atoms with E-state index in [1.54, 1.807) is 24.3 Å². The van der Waals surface area contributed by atoms with Gasteiger partial charge in [-0.05, 0) is 50.1 Å². The molecular formula is C15H13Br2FO3. The summed E-state index contributed by atoms with van der Waals surface area (Å²) in [6.07, 6.45) is -1.05. The Morgan fingerprint density at radius 2 is 1.71 bits per heavy atom. The fourth-order valence-corrected chi connectivity index (χ4v) is 2.96. The van der Waals surface area contributed by atoms with Crippen molar-refractivity contribution in [1.29, 1.82) is 0 Å². The van der Waals surface area contributed by atoms with E-state index in [1.165, 1.54) is 20.3 Å². The highest BCUT2D eigenvalue weighted by Crippen LogP contribution is 2.39. The third-order valence-corrected chi connectivity index (χ3v) is 4.53. The Morgan fingerprint density at radius 3 is 2.33 bits per heavy atom. The van der Waals surface area contributed by atoms with Crippen molar-refractivity contribution in [3.05, 3.63) is 56.2 Å². The topological polar surface area (TPSA) is 38.7 Å². The van der Waals surface area contributed by atoms with E-state index in [4.69, 9.17) is 9.47 Å². The molecule has 0 aliphatic rings. The first-order valence-corrected chi connectivity index (χ1v) is 7.61. The Balaban J connectivity index is 2.56. The van der Waals surface area contributed by atoms with E-state index in [9.17, 15) is 9.50 Å². The highest BCUT2D eigenvalue weighted by Gasteiger charge is 2.21. The number of rotatable bonds is 4. The van der Waals surface area contributed by atoms with Crippen molar-refractivity contribution >= 4 is 31.9 Å². The maximum Gasteiger partial charge on any atom is 0.137 e. The Bertz CT molecular complexity index is 662. The smallest absolute Gasteiger partial charge is 0.137 e. The largest absolute Gasteiger partial charge is 0.496 e. The average molecular weight is 420 g/mol. The monoisotopic (exact) mass is 418 g/mol. The van der Waals surface area contributed by atoms with Crippen molar-refractivity contribution in [2.45, 2.75) is 6.10 Å². The van der Waals surface area contributed by atoms with Crippen molar-refractivity contribution < 1.29 is 19.0 Å². The summed E-state index contributed by atoms with van der Waals surface area (Å²) in [4.78, 5) is 0. The van der Waals surface area contributed by atoms with Crippen molar-refractivity contribution in [2.75, 3.05) is 14.2 Å². The van der Waals surface area contributed by atoms with Crippen LogP contribution in [-0.2, 0) is 0 Å². The van der Waals surface area contributed by atoms with Crippen LogP contribution in [-0.4, -0.2) is 19.3 Å². The first-order valence-electron chi connectivity index (χ1n) is 6.03. The Labute approximate surface area is 139 Å². The molecule has 0 spiro atoms. The Morgan fingerprint density at radius 1 is 1.05 bits per heavy atom. The summed E-state index contributed by atoms with van der Waals surface area (Å²) >= 11 is 6.52. The predicted molar refractivity (Wildman–Crippen MR) is 85.4 cm³/mol. The normalized spacial score (nSPS) is 12.1. The molecule has 0 aromatic heterocycles. The van der Waals surface area contributed by atoms with Crippen LogP contribution in [0.4, 0.5) is 4.39 Å². The van der Waals surface area contributed by atoms with Gasteiger partial charge in [0.1, 0.15) is 23.4 Å². The summed E-state index contributed by atoms with van der Waals surface area (Å²) in [6.45, 7) is 0. The van der Waals surface area contributed by atoms with E-state index >= 15 is 0 Å². The van der Waals surface area contributed by atoms with Crippen molar-refractivity contribution in [3.8, 4) is 11.5 Å². The quantitative estimate of drug-likeness (QED) is 0.795. The second-order valence-corrected chi connectivity index (χ2v) is 5.92. The van der Waals surface area contributed by atoms with E-state index in [-0.39, 0.29) is 4.47 Å². The lowest BCUT2D eigenvalue weighted by Crippen LogP contribution is -2.05. The molecule has 3 nitrogen and oxygen atoms in total. The molecule has 2 rings (SSSR count). The summed E-state index contributed by atoms with van der Waals surface area (Å²) in [5.74, 6) is 0.596. The Hall–Kier alpha value is -1.11. The molecule has 1 unspecified atom stereocenters. The van der Waals surface area contributed by atoms with Crippen LogP contribution in [0.3, 0.4) is 0 Å². The molecule has 0 aliphatic carbocycles. The molecule has 2 aromatic carbocycles. The van der Waals surface area contributed by atoms with Gasteiger partial charge in [-0.15, -0.1) is 0 Å². The van der Waals surface area contributed by atoms with Crippen LogP contribution in [0.5, 0.6) is 11.5 Å². The third-order valence-electron chi connectivity index (χ3n) is 3.07. The van der Waals surface area contributed by atoms with E-state index in [0.717, 1.165) is 0 Å².